The van der Waals surface area contributed by atoms with Gasteiger partial charge in [-0.1, -0.05) is 25.6 Å². The summed E-state index contributed by atoms with van der Waals surface area (Å²) in [6.45, 7) is 6.10. The number of amidine groups is 1. The van der Waals surface area contributed by atoms with Gasteiger partial charge in [-0.25, -0.2) is 0 Å². The zero-order chi connectivity index (χ0) is 15.2. The highest BCUT2D eigenvalue weighted by Crippen LogP contribution is 2.50. The molecular formula is C15H18N4O2. The summed E-state index contributed by atoms with van der Waals surface area (Å²) in [4.78, 5) is 12.6. The molecule has 1 fully saturated rings. The zero-order valence-electron chi connectivity index (χ0n) is 12.2. The van der Waals surface area contributed by atoms with Crippen LogP contribution >= 0.6 is 0 Å². The lowest BCUT2D eigenvalue weighted by molar-refractivity contribution is -0.385. The number of nitro benzene ring substituents is 1. The van der Waals surface area contributed by atoms with Crippen molar-refractivity contribution in [3.05, 3.63) is 52.3 Å². The van der Waals surface area contributed by atoms with Gasteiger partial charge in [0.05, 0.1) is 10.3 Å². The van der Waals surface area contributed by atoms with Gasteiger partial charge in [0.25, 0.3) is 5.69 Å². The van der Waals surface area contributed by atoms with Crippen molar-refractivity contribution >= 4 is 11.5 Å². The van der Waals surface area contributed by atoms with Crippen LogP contribution in [0.1, 0.15) is 25.3 Å². The van der Waals surface area contributed by atoms with Gasteiger partial charge in [-0.15, -0.1) is 0 Å². The van der Waals surface area contributed by atoms with Gasteiger partial charge in [0, 0.05) is 19.2 Å². The molecule has 0 radical (unpaired) electrons. The van der Waals surface area contributed by atoms with Crippen molar-refractivity contribution < 1.29 is 4.92 Å². The molecular weight excluding hydrogens is 268 g/mol. The van der Waals surface area contributed by atoms with Crippen molar-refractivity contribution in [1.82, 2.24) is 10.3 Å². The second-order valence-corrected chi connectivity index (χ2v) is 5.96. The Hall–Kier alpha value is -2.37. The number of hydrogen-bond donors (Lipinski definition) is 1. The minimum absolute atomic E-state index is 0.125. The number of likely N-dealkylation sites (N-methyl/N-ethyl adjacent to an activating group) is 1. The molecule has 1 aromatic carbocycles. The first-order valence-corrected chi connectivity index (χ1v) is 6.96. The molecule has 0 aromatic heterocycles. The van der Waals surface area contributed by atoms with Gasteiger partial charge in [0.15, 0.2) is 0 Å². The van der Waals surface area contributed by atoms with Crippen LogP contribution in [0, 0.1) is 16.0 Å². The monoisotopic (exact) mass is 286 g/mol. The number of non-ortho nitro benzene ring substituents is 1. The Morgan fingerprint density at radius 1 is 1.52 bits per heavy atom. The molecule has 0 unspecified atom stereocenters. The quantitative estimate of drug-likeness (QED) is 0.685. The number of rotatable bonds is 3. The topological polar surface area (TPSA) is 70.8 Å². The lowest BCUT2D eigenvalue weighted by Crippen LogP contribution is -2.51. The summed E-state index contributed by atoms with van der Waals surface area (Å²) in [5.41, 5.74) is 3.72. The first kappa shape index (κ1) is 13.6. The highest BCUT2D eigenvalue weighted by molar-refractivity contribution is 5.96. The molecule has 0 atom stereocenters. The SMILES string of the molecule is C=C1NN=C(C2(c3cccc([N+](=O)[O-])c3)CC(C)C2)N1C. The molecule has 1 aliphatic heterocycles. The summed E-state index contributed by atoms with van der Waals surface area (Å²) in [7, 11) is 1.92. The Morgan fingerprint density at radius 2 is 2.24 bits per heavy atom. The fourth-order valence-electron chi connectivity index (χ4n) is 3.42. The van der Waals surface area contributed by atoms with E-state index >= 15 is 0 Å². The van der Waals surface area contributed by atoms with Gasteiger partial charge in [0.2, 0.25) is 0 Å². The summed E-state index contributed by atoms with van der Waals surface area (Å²) < 4.78 is 0. The van der Waals surface area contributed by atoms with Crippen LogP contribution in [0.5, 0.6) is 0 Å². The molecule has 0 saturated heterocycles. The van der Waals surface area contributed by atoms with Crippen molar-refractivity contribution in [3.8, 4) is 0 Å². The first-order chi connectivity index (χ1) is 9.94. The highest BCUT2D eigenvalue weighted by atomic mass is 16.6. The molecule has 1 N–H and O–H groups in total. The Bertz CT molecular complexity index is 647. The van der Waals surface area contributed by atoms with E-state index in [1.54, 1.807) is 12.1 Å². The van der Waals surface area contributed by atoms with E-state index in [9.17, 15) is 10.1 Å². The van der Waals surface area contributed by atoms with E-state index < -0.39 is 0 Å². The van der Waals surface area contributed by atoms with Crippen LogP contribution in [0.25, 0.3) is 0 Å². The molecule has 1 aliphatic carbocycles. The van der Waals surface area contributed by atoms with Gasteiger partial charge in [-0.05, 0) is 24.3 Å². The lowest BCUT2D eigenvalue weighted by atomic mass is 9.58. The van der Waals surface area contributed by atoms with Crippen LogP contribution < -0.4 is 5.43 Å². The van der Waals surface area contributed by atoms with Gasteiger partial charge in [-0.3, -0.25) is 15.5 Å². The van der Waals surface area contributed by atoms with Crippen LogP contribution in [-0.4, -0.2) is 22.7 Å². The number of nitrogens with zero attached hydrogens (tertiary/aromatic N) is 3. The van der Waals surface area contributed by atoms with Crippen molar-refractivity contribution in [1.29, 1.82) is 0 Å². The van der Waals surface area contributed by atoms with Crippen molar-refractivity contribution in [3.63, 3.8) is 0 Å². The Labute approximate surface area is 123 Å². The number of hydrogen-bond acceptors (Lipinski definition) is 5. The molecule has 6 nitrogen and oxygen atoms in total. The third kappa shape index (κ3) is 1.98. The average molecular weight is 286 g/mol. The van der Waals surface area contributed by atoms with Gasteiger partial charge < -0.3 is 4.90 Å². The summed E-state index contributed by atoms with van der Waals surface area (Å²) in [5, 5.41) is 15.4. The molecule has 0 amide bonds. The van der Waals surface area contributed by atoms with Crippen LogP contribution in [0.15, 0.2) is 41.8 Å². The van der Waals surface area contributed by atoms with Gasteiger partial charge in [-0.2, -0.15) is 5.10 Å². The largest absolute Gasteiger partial charge is 0.316 e. The van der Waals surface area contributed by atoms with Gasteiger partial charge in [0.1, 0.15) is 11.7 Å². The standard InChI is InChI=1S/C15H18N4O2/c1-10-8-15(9-10,14-17-16-11(2)18(14)3)12-5-4-6-13(7-12)19(20)21/h4-7,10,16H,2,8-9H2,1,3H3. The van der Waals surface area contributed by atoms with Crippen molar-refractivity contribution in [2.75, 3.05) is 7.05 Å². The molecule has 21 heavy (non-hydrogen) atoms. The third-order valence-corrected chi connectivity index (χ3v) is 4.44. The molecule has 2 aliphatic rings. The number of nitro groups is 1. The van der Waals surface area contributed by atoms with Crippen LogP contribution in [0.2, 0.25) is 0 Å². The van der Waals surface area contributed by atoms with E-state index in [0.717, 1.165) is 30.1 Å². The maximum atomic E-state index is 11.0. The predicted molar refractivity (Wildman–Crippen MR) is 80.6 cm³/mol. The number of benzene rings is 1. The molecule has 0 bridgehead atoms. The molecule has 0 spiro atoms. The fraction of sp³-hybridized carbons (Fsp3) is 0.400. The van der Waals surface area contributed by atoms with E-state index in [2.05, 4.69) is 24.0 Å². The Kier molecular flexibility index (Phi) is 2.97. The maximum Gasteiger partial charge on any atom is 0.269 e. The third-order valence-electron chi connectivity index (χ3n) is 4.44. The second kappa shape index (κ2) is 4.58. The minimum atomic E-state index is -0.351. The van der Waals surface area contributed by atoms with Gasteiger partial charge >= 0.3 is 0 Å². The summed E-state index contributed by atoms with van der Waals surface area (Å²) in [6, 6.07) is 6.90. The fourth-order valence-corrected chi connectivity index (χ4v) is 3.42. The number of hydrazone groups is 1. The summed E-state index contributed by atoms with van der Waals surface area (Å²) in [5.74, 6) is 2.20. The molecule has 6 heteroatoms. The van der Waals surface area contributed by atoms with Crippen molar-refractivity contribution in [2.45, 2.75) is 25.2 Å². The predicted octanol–water partition coefficient (Wildman–Crippen LogP) is 2.58. The normalized spacial score (nSPS) is 27.9. The molecule has 1 aromatic rings. The van der Waals surface area contributed by atoms with Crippen LogP contribution in [0.4, 0.5) is 5.69 Å². The summed E-state index contributed by atoms with van der Waals surface area (Å²) in [6.07, 6.45) is 1.87. The Balaban J connectivity index is 2.05. The van der Waals surface area contributed by atoms with E-state index in [0.29, 0.717) is 5.92 Å². The van der Waals surface area contributed by atoms with Crippen molar-refractivity contribution in [2.24, 2.45) is 11.0 Å². The highest BCUT2D eigenvalue weighted by Gasteiger charge is 2.51. The molecule has 110 valence electrons. The smallest absolute Gasteiger partial charge is 0.269 e. The number of nitrogens with one attached hydrogen (secondary N) is 1. The van der Waals surface area contributed by atoms with E-state index in [1.165, 1.54) is 6.07 Å². The van der Waals surface area contributed by atoms with E-state index in [1.807, 2.05) is 18.0 Å². The first-order valence-electron chi connectivity index (χ1n) is 6.96. The average Bonchev–Trinajstić information content (AvgIpc) is 2.76. The van der Waals surface area contributed by atoms with Crippen LogP contribution in [-0.2, 0) is 5.41 Å². The second-order valence-electron chi connectivity index (χ2n) is 5.96. The lowest BCUT2D eigenvalue weighted by Gasteiger charge is -2.48. The molecule has 1 saturated carbocycles. The maximum absolute atomic E-state index is 11.0. The van der Waals surface area contributed by atoms with E-state index in [-0.39, 0.29) is 16.0 Å². The van der Waals surface area contributed by atoms with Crippen LogP contribution in [0.3, 0.4) is 0 Å². The van der Waals surface area contributed by atoms with E-state index in [4.69, 9.17) is 0 Å². The molecule has 1 heterocycles. The Morgan fingerprint density at radius 3 is 2.76 bits per heavy atom. The summed E-state index contributed by atoms with van der Waals surface area (Å²) >= 11 is 0. The minimum Gasteiger partial charge on any atom is -0.316 e. The zero-order valence-corrected chi connectivity index (χ0v) is 12.2. The molecule has 3 rings (SSSR count).